The molecule has 192 valence electrons. The van der Waals surface area contributed by atoms with Crippen molar-refractivity contribution in [2.24, 2.45) is 11.1 Å². The number of benzene rings is 2. The van der Waals surface area contributed by atoms with Gasteiger partial charge in [-0.25, -0.2) is 13.8 Å². The number of imidazole rings is 1. The molecule has 2 aromatic carbocycles. The van der Waals surface area contributed by atoms with Gasteiger partial charge in [0.1, 0.15) is 30.4 Å². The number of aliphatic hydroxyl groups excluding tert-OH is 1. The molecule has 36 heavy (non-hydrogen) atoms. The minimum atomic E-state index is -0.777. The second kappa shape index (κ2) is 11.5. The largest absolute Gasteiger partial charge is 0.387 e. The summed E-state index contributed by atoms with van der Waals surface area (Å²) >= 11 is 0. The Morgan fingerprint density at radius 2 is 1.89 bits per heavy atom. The monoisotopic (exact) mass is 498 g/mol. The summed E-state index contributed by atoms with van der Waals surface area (Å²) in [6.07, 6.45) is 2.43. The van der Waals surface area contributed by atoms with Crippen molar-refractivity contribution in [3.05, 3.63) is 77.8 Å². The van der Waals surface area contributed by atoms with Crippen molar-refractivity contribution in [2.45, 2.75) is 45.8 Å². The number of hydrogen-bond acceptors (Lipinski definition) is 5. The van der Waals surface area contributed by atoms with E-state index in [1.165, 1.54) is 4.90 Å². The average molecular weight is 499 g/mol. The normalized spacial score (nSPS) is 13.3. The standard InChI is InChI=1S/C27H32F2N4O3/c1-27(2,3)25(33(24(36)17-35)12-11-20(30)16-34)26-31-23(21-13-19(28)9-10-22(21)29)15-32(26)14-18-7-5-4-6-8-18/h4-10,13,15-16,20,25,35H,11-12,14,17,30H2,1-3H3. The fourth-order valence-corrected chi connectivity index (χ4v) is 4.22. The van der Waals surface area contributed by atoms with Crippen molar-refractivity contribution in [2.75, 3.05) is 13.2 Å². The Balaban J connectivity index is 2.19. The number of aldehydes is 1. The average Bonchev–Trinajstić information content (AvgIpc) is 3.24. The Kier molecular flexibility index (Phi) is 8.70. The number of aromatic nitrogens is 2. The lowest BCUT2D eigenvalue weighted by Crippen LogP contribution is -2.45. The SMILES string of the molecule is CC(C)(C)C(c1nc(-c2cc(F)ccc2F)cn1Cc1ccccc1)N(CCC(N)C=O)C(=O)CO. The zero-order chi connectivity index (χ0) is 26.5. The predicted molar refractivity (Wildman–Crippen MR) is 133 cm³/mol. The van der Waals surface area contributed by atoms with E-state index < -0.39 is 41.6 Å². The van der Waals surface area contributed by atoms with Gasteiger partial charge < -0.3 is 25.1 Å². The van der Waals surface area contributed by atoms with Crippen LogP contribution in [-0.4, -0.2) is 50.9 Å². The first kappa shape index (κ1) is 27.2. The van der Waals surface area contributed by atoms with E-state index in [4.69, 9.17) is 10.7 Å². The molecule has 3 rings (SSSR count). The Labute approximate surface area is 209 Å². The van der Waals surface area contributed by atoms with Crippen molar-refractivity contribution in [1.29, 1.82) is 0 Å². The highest BCUT2D eigenvalue weighted by Gasteiger charge is 2.38. The van der Waals surface area contributed by atoms with Crippen LogP contribution in [0.5, 0.6) is 0 Å². The van der Waals surface area contributed by atoms with Crippen LogP contribution in [0.4, 0.5) is 8.78 Å². The number of hydrogen-bond donors (Lipinski definition) is 2. The summed E-state index contributed by atoms with van der Waals surface area (Å²) in [4.78, 5) is 30.2. The molecule has 0 aliphatic carbocycles. The summed E-state index contributed by atoms with van der Waals surface area (Å²) in [6, 6.07) is 11.2. The van der Waals surface area contributed by atoms with Crippen molar-refractivity contribution in [3.63, 3.8) is 0 Å². The third-order valence-corrected chi connectivity index (χ3v) is 5.92. The lowest BCUT2D eigenvalue weighted by atomic mass is 9.84. The van der Waals surface area contributed by atoms with Crippen LogP contribution in [0.25, 0.3) is 11.3 Å². The van der Waals surface area contributed by atoms with E-state index in [1.54, 1.807) is 6.20 Å². The first-order chi connectivity index (χ1) is 17.0. The molecule has 0 fully saturated rings. The van der Waals surface area contributed by atoms with Gasteiger partial charge in [-0.3, -0.25) is 4.79 Å². The molecule has 2 unspecified atom stereocenters. The summed E-state index contributed by atoms with van der Waals surface area (Å²) in [7, 11) is 0. The second-order valence-corrected chi connectivity index (χ2v) is 9.82. The van der Waals surface area contributed by atoms with Crippen molar-refractivity contribution < 1.29 is 23.5 Å². The topological polar surface area (TPSA) is 101 Å². The van der Waals surface area contributed by atoms with Gasteiger partial charge in [0, 0.05) is 24.8 Å². The van der Waals surface area contributed by atoms with E-state index in [-0.39, 0.29) is 24.2 Å². The molecule has 2 atom stereocenters. The van der Waals surface area contributed by atoms with Crippen LogP contribution in [0.1, 0.15) is 44.6 Å². The lowest BCUT2D eigenvalue weighted by molar-refractivity contribution is -0.140. The smallest absolute Gasteiger partial charge is 0.248 e. The summed E-state index contributed by atoms with van der Waals surface area (Å²) in [5.41, 5.74) is 6.35. The number of carbonyl (C=O) groups excluding carboxylic acids is 2. The van der Waals surface area contributed by atoms with E-state index in [9.17, 15) is 23.5 Å². The van der Waals surface area contributed by atoms with Gasteiger partial charge in [0.05, 0.1) is 17.8 Å². The highest BCUT2D eigenvalue weighted by atomic mass is 19.1. The molecule has 0 aliphatic rings. The quantitative estimate of drug-likeness (QED) is 0.415. The number of halogens is 2. The molecular weight excluding hydrogens is 466 g/mol. The van der Waals surface area contributed by atoms with E-state index >= 15 is 0 Å². The third-order valence-electron chi connectivity index (χ3n) is 5.92. The fraction of sp³-hybridized carbons (Fsp3) is 0.370. The molecule has 0 aliphatic heterocycles. The second-order valence-electron chi connectivity index (χ2n) is 9.82. The van der Waals surface area contributed by atoms with Crippen LogP contribution < -0.4 is 5.73 Å². The maximum atomic E-state index is 14.7. The Morgan fingerprint density at radius 1 is 1.19 bits per heavy atom. The highest BCUT2D eigenvalue weighted by Crippen LogP contribution is 2.39. The first-order valence-electron chi connectivity index (χ1n) is 11.7. The Bertz CT molecular complexity index is 1190. The Hall–Kier alpha value is -3.43. The van der Waals surface area contributed by atoms with E-state index in [2.05, 4.69) is 0 Å². The summed E-state index contributed by atoms with van der Waals surface area (Å²) in [5, 5.41) is 9.73. The van der Waals surface area contributed by atoms with Crippen LogP contribution in [0.3, 0.4) is 0 Å². The molecule has 0 spiro atoms. The van der Waals surface area contributed by atoms with Crippen LogP contribution in [-0.2, 0) is 16.1 Å². The molecule has 0 saturated carbocycles. The molecule has 0 radical (unpaired) electrons. The zero-order valence-electron chi connectivity index (χ0n) is 20.7. The Morgan fingerprint density at radius 3 is 2.50 bits per heavy atom. The molecule has 1 aromatic heterocycles. The predicted octanol–water partition coefficient (Wildman–Crippen LogP) is 3.70. The number of nitrogens with two attached hydrogens (primary N) is 1. The maximum absolute atomic E-state index is 14.7. The fourth-order valence-electron chi connectivity index (χ4n) is 4.22. The summed E-state index contributed by atoms with van der Waals surface area (Å²) < 4.78 is 30.5. The number of amides is 1. The van der Waals surface area contributed by atoms with Gasteiger partial charge in [-0.15, -0.1) is 0 Å². The van der Waals surface area contributed by atoms with Crippen LogP contribution in [0, 0.1) is 17.0 Å². The number of rotatable bonds is 10. The van der Waals surface area contributed by atoms with Gasteiger partial charge in [0.15, 0.2) is 0 Å². The van der Waals surface area contributed by atoms with Crippen molar-refractivity contribution in [3.8, 4) is 11.3 Å². The maximum Gasteiger partial charge on any atom is 0.248 e. The van der Waals surface area contributed by atoms with Gasteiger partial charge in [-0.1, -0.05) is 51.1 Å². The molecule has 0 bridgehead atoms. The van der Waals surface area contributed by atoms with E-state index in [0.717, 1.165) is 23.8 Å². The molecule has 0 saturated heterocycles. The van der Waals surface area contributed by atoms with Crippen LogP contribution in [0.2, 0.25) is 0 Å². The zero-order valence-corrected chi connectivity index (χ0v) is 20.7. The van der Waals surface area contributed by atoms with E-state index in [0.29, 0.717) is 18.7 Å². The van der Waals surface area contributed by atoms with Crippen LogP contribution in [0.15, 0.2) is 54.7 Å². The molecule has 1 heterocycles. The molecule has 1 amide bonds. The lowest BCUT2D eigenvalue weighted by Gasteiger charge is -2.40. The van der Waals surface area contributed by atoms with Crippen molar-refractivity contribution >= 4 is 12.2 Å². The van der Waals surface area contributed by atoms with Gasteiger partial charge in [0.2, 0.25) is 5.91 Å². The third kappa shape index (κ3) is 6.41. The van der Waals surface area contributed by atoms with Crippen LogP contribution >= 0.6 is 0 Å². The molecular formula is C27H32F2N4O3. The van der Waals surface area contributed by atoms with Gasteiger partial charge >= 0.3 is 0 Å². The molecule has 3 N–H and O–H groups in total. The summed E-state index contributed by atoms with van der Waals surface area (Å²) in [5.74, 6) is -1.34. The minimum Gasteiger partial charge on any atom is -0.387 e. The number of nitrogens with zero attached hydrogens (tertiary/aromatic N) is 3. The highest BCUT2D eigenvalue weighted by molar-refractivity contribution is 5.78. The van der Waals surface area contributed by atoms with Gasteiger partial charge in [0.25, 0.3) is 0 Å². The van der Waals surface area contributed by atoms with Crippen molar-refractivity contribution in [1.82, 2.24) is 14.5 Å². The van der Waals surface area contributed by atoms with Gasteiger partial charge in [-0.2, -0.15) is 0 Å². The molecule has 7 nitrogen and oxygen atoms in total. The van der Waals surface area contributed by atoms with Gasteiger partial charge in [-0.05, 0) is 35.6 Å². The summed E-state index contributed by atoms with van der Waals surface area (Å²) in [6.45, 7) is 5.47. The van der Waals surface area contributed by atoms with E-state index in [1.807, 2.05) is 55.7 Å². The number of aliphatic hydroxyl groups is 1. The molecule has 3 aromatic rings. The minimum absolute atomic E-state index is 0.00117. The first-order valence-corrected chi connectivity index (χ1v) is 11.7. The molecule has 9 heteroatoms. The number of carbonyl (C=O) groups is 2.